The quantitative estimate of drug-likeness (QED) is 0.440. The van der Waals surface area contributed by atoms with Crippen LogP contribution in [-0.2, 0) is 10.3 Å². The molecule has 3 aromatic rings. The van der Waals surface area contributed by atoms with Gasteiger partial charge < -0.3 is 19.5 Å². The summed E-state index contributed by atoms with van der Waals surface area (Å²) in [5, 5.41) is 5.13. The van der Waals surface area contributed by atoms with Crippen molar-refractivity contribution in [1.29, 1.82) is 0 Å². The molecule has 2 fully saturated rings. The Morgan fingerprint density at radius 1 is 1.08 bits per heavy atom. The van der Waals surface area contributed by atoms with Gasteiger partial charge in [-0.3, -0.25) is 0 Å². The fraction of sp³-hybridized carbons (Fsp3) is 0.379. The number of ether oxygens (including phenoxy) is 3. The smallest absolute Gasteiger partial charge is 0.419 e. The van der Waals surface area contributed by atoms with Crippen molar-refractivity contribution in [3.05, 3.63) is 71.8 Å². The Morgan fingerprint density at radius 3 is 2.61 bits per heavy atom. The minimum atomic E-state index is -1.00. The lowest BCUT2D eigenvalue weighted by Gasteiger charge is -2.24. The first-order valence-corrected chi connectivity index (χ1v) is 12.5. The summed E-state index contributed by atoms with van der Waals surface area (Å²) in [7, 11) is 1.61. The molecule has 0 radical (unpaired) electrons. The van der Waals surface area contributed by atoms with Crippen LogP contribution in [0.5, 0.6) is 11.5 Å². The van der Waals surface area contributed by atoms with Crippen molar-refractivity contribution < 1.29 is 23.8 Å². The van der Waals surface area contributed by atoms with Gasteiger partial charge in [-0.2, -0.15) is 0 Å². The number of methoxy groups -OCH3 is 1. The summed E-state index contributed by atoms with van der Waals surface area (Å²) in [5.74, 6) is 1.27. The number of nitrogens with zero attached hydrogens (tertiary/aromatic N) is 1. The average molecular weight is 489 g/mol. The van der Waals surface area contributed by atoms with Gasteiger partial charge in [0.05, 0.1) is 25.8 Å². The largest absolute Gasteiger partial charge is 0.493 e. The number of benzene rings is 3. The summed E-state index contributed by atoms with van der Waals surface area (Å²) in [6.07, 6.45) is 3.83. The average Bonchev–Trinajstić information content (AvgIpc) is 3.51. The highest BCUT2D eigenvalue weighted by Gasteiger charge is 2.46. The zero-order chi connectivity index (χ0) is 25.3. The normalized spacial score (nSPS) is 20.9. The number of amides is 3. The molecule has 5 rings (SSSR count). The minimum absolute atomic E-state index is 0.0924. The number of carbonyl (C=O) groups is 2. The van der Waals surface area contributed by atoms with Crippen LogP contribution in [0.25, 0.3) is 10.8 Å². The van der Waals surface area contributed by atoms with E-state index < -0.39 is 17.7 Å². The number of rotatable bonds is 6. The van der Waals surface area contributed by atoms with Gasteiger partial charge in [-0.05, 0) is 68.0 Å². The first kappa shape index (κ1) is 24.0. The Bertz CT molecular complexity index is 1280. The third kappa shape index (κ3) is 4.57. The van der Waals surface area contributed by atoms with Crippen LogP contribution in [0.15, 0.2) is 60.7 Å². The molecule has 1 saturated carbocycles. The van der Waals surface area contributed by atoms with Gasteiger partial charge in [0.2, 0.25) is 0 Å². The number of hydrogen-bond donors (Lipinski definition) is 1. The third-order valence-corrected chi connectivity index (χ3v) is 7.24. The van der Waals surface area contributed by atoms with Crippen molar-refractivity contribution in [2.75, 3.05) is 13.7 Å². The lowest BCUT2D eigenvalue weighted by Crippen LogP contribution is -2.42. The SMILES string of the molecule is COc1ccc([C@@]2(C)CN(C(=O)N[C@H](C)c3cccc4ccccc34)C(=O)O2)cc1OC1CCCC1. The third-order valence-electron chi connectivity index (χ3n) is 7.24. The van der Waals surface area contributed by atoms with Gasteiger partial charge in [-0.25, -0.2) is 14.5 Å². The molecule has 1 saturated heterocycles. The van der Waals surface area contributed by atoms with E-state index in [0.29, 0.717) is 11.5 Å². The Morgan fingerprint density at radius 2 is 1.83 bits per heavy atom. The van der Waals surface area contributed by atoms with Crippen molar-refractivity contribution >= 4 is 22.9 Å². The van der Waals surface area contributed by atoms with E-state index in [0.717, 1.165) is 52.5 Å². The van der Waals surface area contributed by atoms with Gasteiger partial charge in [0.15, 0.2) is 17.1 Å². The molecular weight excluding hydrogens is 456 g/mol. The molecule has 1 aliphatic carbocycles. The van der Waals surface area contributed by atoms with Crippen LogP contribution in [-0.4, -0.2) is 36.8 Å². The van der Waals surface area contributed by atoms with Crippen LogP contribution < -0.4 is 14.8 Å². The monoisotopic (exact) mass is 488 g/mol. The molecule has 7 nitrogen and oxygen atoms in total. The number of cyclic esters (lactones) is 1. The maximum Gasteiger partial charge on any atom is 0.419 e. The van der Waals surface area contributed by atoms with E-state index >= 15 is 0 Å². The molecular formula is C29H32N2O5. The zero-order valence-electron chi connectivity index (χ0n) is 21.0. The molecule has 1 aliphatic heterocycles. The maximum atomic E-state index is 13.2. The van der Waals surface area contributed by atoms with Crippen LogP contribution in [0.1, 0.15) is 56.7 Å². The van der Waals surface area contributed by atoms with Crippen LogP contribution in [0.2, 0.25) is 0 Å². The molecule has 1 heterocycles. The number of urea groups is 1. The summed E-state index contributed by atoms with van der Waals surface area (Å²) < 4.78 is 17.5. The second kappa shape index (κ2) is 9.72. The van der Waals surface area contributed by atoms with E-state index in [1.165, 1.54) is 0 Å². The maximum absolute atomic E-state index is 13.2. The van der Waals surface area contributed by atoms with Crippen molar-refractivity contribution in [1.82, 2.24) is 10.2 Å². The Labute approximate surface area is 211 Å². The fourth-order valence-corrected chi connectivity index (χ4v) is 5.20. The van der Waals surface area contributed by atoms with Crippen molar-refractivity contribution in [2.24, 2.45) is 0 Å². The van der Waals surface area contributed by atoms with Crippen molar-refractivity contribution in [3.8, 4) is 11.5 Å². The standard InChI is InChI=1S/C29H32N2O5/c1-19(23-14-8-10-20-9-4-7-13-24(20)23)30-27(32)31-18-29(2,36-28(31)33)21-15-16-25(34-3)26(17-21)35-22-11-5-6-12-22/h4,7-10,13-17,19,22H,5-6,11-12,18H2,1-3H3,(H,30,32)/t19-,29-/m1/s1. The summed E-state index contributed by atoms with van der Waals surface area (Å²) in [6, 6.07) is 18.8. The topological polar surface area (TPSA) is 77.1 Å². The number of hydrogen-bond acceptors (Lipinski definition) is 5. The first-order valence-electron chi connectivity index (χ1n) is 12.5. The molecule has 188 valence electrons. The zero-order valence-corrected chi connectivity index (χ0v) is 21.0. The predicted octanol–water partition coefficient (Wildman–Crippen LogP) is 6.31. The van der Waals surface area contributed by atoms with Gasteiger partial charge in [0.25, 0.3) is 0 Å². The second-order valence-electron chi connectivity index (χ2n) is 9.81. The van der Waals surface area contributed by atoms with Gasteiger partial charge in [0.1, 0.15) is 0 Å². The summed E-state index contributed by atoms with van der Waals surface area (Å²) in [5.41, 5.74) is 0.736. The number of carbonyl (C=O) groups excluding carboxylic acids is 2. The summed E-state index contributed by atoms with van der Waals surface area (Å²) in [4.78, 5) is 27.1. The predicted molar refractivity (Wildman–Crippen MR) is 137 cm³/mol. The van der Waals surface area contributed by atoms with Gasteiger partial charge in [0, 0.05) is 5.56 Å². The molecule has 1 N–H and O–H groups in total. The second-order valence-corrected chi connectivity index (χ2v) is 9.81. The van der Waals surface area contributed by atoms with Crippen LogP contribution in [0, 0.1) is 0 Å². The molecule has 0 spiro atoms. The van der Waals surface area contributed by atoms with Crippen molar-refractivity contribution in [3.63, 3.8) is 0 Å². The molecule has 7 heteroatoms. The van der Waals surface area contributed by atoms with E-state index in [1.807, 2.05) is 74.5 Å². The Balaban J connectivity index is 1.33. The Kier molecular flexibility index (Phi) is 6.48. The molecule has 3 amide bonds. The van der Waals surface area contributed by atoms with Gasteiger partial charge in [-0.15, -0.1) is 0 Å². The minimum Gasteiger partial charge on any atom is -0.493 e. The molecule has 3 aromatic carbocycles. The van der Waals surface area contributed by atoms with Crippen LogP contribution in [0.4, 0.5) is 9.59 Å². The first-order chi connectivity index (χ1) is 17.4. The molecule has 36 heavy (non-hydrogen) atoms. The molecule has 0 bridgehead atoms. The van der Waals surface area contributed by atoms with Crippen molar-refractivity contribution in [2.45, 2.75) is 57.3 Å². The van der Waals surface area contributed by atoms with Crippen LogP contribution in [0.3, 0.4) is 0 Å². The highest BCUT2D eigenvalue weighted by Crippen LogP contribution is 2.39. The fourth-order valence-electron chi connectivity index (χ4n) is 5.20. The van der Waals surface area contributed by atoms with Crippen LogP contribution >= 0.6 is 0 Å². The van der Waals surface area contributed by atoms with E-state index in [4.69, 9.17) is 14.2 Å². The van der Waals surface area contributed by atoms with Gasteiger partial charge >= 0.3 is 12.1 Å². The van der Waals surface area contributed by atoms with E-state index in [9.17, 15) is 9.59 Å². The van der Waals surface area contributed by atoms with E-state index in [1.54, 1.807) is 7.11 Å². The number of nitrogens with one attached hydrogen (secondary N) is 1. The van der Waals surface area contributed by atoms with Gasteiger partial charge in [-0.1, -0.05) is 48.5 Å². The molecule has 2 aliphatic rings. The lowest BCUT2D eigenvalue weighted by molar-refractivity contribution is 0.0697. The van der Waals surface area contributed by atoms with E-state index in [-0.39, 0.29) is 18.7 Å². The highest BCUT2D eigenvalue weighted by atomic mass is 16.6. The lowest BCUT2D eigenvalue weighted by atomic mass is 9.95. The molecule has 0 unspecified atom stereocenters. The Hall–Kier alpha value is -3.74. The molecule has 0 aromatic heterocycles. The summed E-state index contributed by atoms with van der Waals surface area (Å²) >= 11 is 0. The molecule has 2 atom stereocenters. The highest BCUT2D eigenvalue weighted by molar-refractivity contribution is 5.93. The number of fused-ring (bicyclic) bond motifs is 1. The number of imide groups is 1. The van der Waals surface area contributed by atoms with E-state index in [2.05, 4.69) is 5.32 Å². The summed E-state index contributed by atoms with van der Waals surface area (Å²) in [6.45, 7) is 3.82.